The van der Waals surface area contributed by atoms with Crippen molar-refractivity contribution in [3.63, 3.8) is 0 Å². The molecule has 1 aromatic carbocycles. The van der Waals surface area contributed by atoms with Crippen molar-refractivity contribution in [2.24, 2.45) is 0 Å². The first kappa shape index (κ1) is 12.3. The first-order valence-corrected chi connectivity index (χ1v) is 3.88. The average molecular weight is 243 g/mol. The Labute approximate surface area is 86.6 Å². The molecular formula is C8H6F5NO2. The third-order valence-corrected chi connectivity index (χ3v) is 1.43. The Morgan fingerprint density at radius 3 is 2.31 bits per heavy atom. The Hall–Kier alpha value is -1.73. The zero-order chi connectivity index (χ0) is 12.3. The molecule has 16 heavy (non-hydrogen) atoms. The van der Waals surface area contributed by atoms with Gasteiger partial charge in [0.1, 0.15) is 5.75 Å². The van der Waals surface area contributed by atoms with Gasteiger partial charge in [0.25, 0.3) is 0 Å². The SMILES string of the molecule is Nc1ccc(OC(F)(F)F)cc1OC(F)F. The third kappa shape index (κ3) is 3.79. The summed E-state index contributed by atoms with van der Waals surface area (Å²) in [6, 6.07) is 2.49. The molecule has 1 rings (SSSR count). The largest absolute Gasteiger partial charge is 0.573 e. The molecule has 0 amide bonds. The van der Waals surface area contributed by atoms with Gasteiger partial charge in [-0.3, -0.25) is 0 Å². The number of halogens is 5. The molecule has 0 unspecified atom stereocenters. The van der Waals surface area contributed by atoms with Crippen LogP contribution in [0.2, 0.25) is 0 Å². The molecule has 0 aliphatic rings. The molecule has 3 nitrogen and oxygen atoms in total. The predicted octanol–water partition coefficient (Wildman–Crippen LogP) is 2.77. The van der Waals surface area contributed by atoms with Crippen molar-refractivity contribution < 1.29 is 31.4 Å². The highest BCUT2D eigenvalue weighted by atomic mass is 19.4. The van der Waals surface area contributed by atoms with Gasteiger partial charge in [0, 0.05) is 6.07 Å². The molecule has 90 valence electrons. The predicted molar refractivity (Wildman–Crippen MR) is 44.2 cm³/mol. The summed E-state index contributed by atoms with van der Waals surface area (Å²) in [5, 5.41) is 0. The highest BCUT2D eigenvalue weighted by molar-refractivity contribution is 5.55. The summed E-state index contributed by atoms with van der Waals surface area (Å²) in [5.74, 6) is -1.26. The minimum Gasteiger partial charge on any atom is -0.432 e. The van der Waals surface area contributed by atoms with E-state index in [-0.39, 0.29) is 5.69 Å². The van der Waals surface area contributed by atoms with E-state index in [1.807, 2.05) is 0 Å². The highest BCUT2D eigenvalue weighted by Crippen LogP contribution is 2.31. The van der Waals surface area contributed by atoms with Gasteiger partial charge in [0.05, 0.1) is 5.69 Å². The molecule has 0 saturated carbocycles. The normalized spacial score (nSPS) is 11.6. The van der Waals surface area contributed by atoms with Gasteiger partial charge in [-0.05, 0) is 12.1 Å². The summed E-state index contributed by atoms with van der Waals surface area (Å²) in [6.45, 7) is -3.18. The van der Waals surface area contributed by atoms with Crippen LogP contribution < -0.4 is 15.2 Å². The smallest absolute Gasteiger partial charge is 0.432 e. The summed E-state index contributed by atoms with van der Waals surface area (Å²) < 4.78 is 66.4. The summed E-state index contributed by atoms with van der Waals surface area (Å²) in [5.41, 5.74) is 4.99. The van der Waals surface area contributed by atoms with Crippen molar-refractivity contribution in [3.8, 4) is 11.5 Å². The number of nitrogen functional groups attached to an aromatic ring is 1. The first-order valence-electron chi connectivity index (χ1n) is 3.88. The van der Waals surface area contributed by atoms with Gasteiger partial charge in [-0.15, -0.1) is 13.2 Å². The summed E-state index contributed by atoms with van der Waals surface area (Å²) >= 11 is 0. The van der Waals surface area contributed by atoms with Crippen molar-refractivity contribution in [2.75, 3.05) is 5.73 Å². The Bertz CT molecular complexity index is 366. The summed E-state index contributed by atoms with van der Waals surface area (Å²) in [7, 11) is 0. The standard InChI is InChI=1S/C8H6F5NO2/c9-7(10)15-6-3-4(1-2-5(6)14)16-8(11,12)13/h1-3,7H,14H2. The Balaban J connectivity index is 2.89. The molecule has 0 aliphatic heterocycles. The van der Waals surface area contributed by atoms with Crippen LogP contribution in [0.15, 0.2) is 18.2 Å². The molecule has 0 atom stereocenters. The van der Waals surface area contributed by atoms with E-state index < -0.39 is 24.5 Å². The molecule has 0 saturated heterocycles. The van der Waals surface area contributed by atoms with E-state index in [4.69, 9.17) is 5.73 Å². The van der Waals surface area contributed by atoms with Crippen LogP contribution in [0.4, 0.5) is 27.6 Å². The van der Waals surface area contributed by atoms with Gasteiger partial charge in [-0.2, -0.15) is 8.78 Å². The van der Waals surface area contributed by atoms with Crippen molar-refractivity contribution >= 4 is 5.69 Å². The van der Waals surface area contributed by atoms with Crippen LogP contribution >= 0.6 is 0 Å². The number of hydrogen-bond donors (Lipinski definition) is 1. The fourth-order valence-corrected chi connectivity index (χ4v) is 0.910. The summed E-state index contributed by atoms with van der Waals surface area (Å²) in [6.07, 6.45) is -4.90. The van der Waals surface area contributed by atoms with Crippen molar-refractivity contribution in [1.82, 2.24) is 0 Å². The van der Waals surface area contributed by atoms with E-state index in [2.05, 4.69) is 9.47 Å². The van der Waals surface area contributed by atoms with Crippen LogP contribution in [0.1, 0.15) is 0 Å². The zero-order valence-electron chi connectivity index (χ0n) is 7.59. The fraction of sp³-hybridized carbons (Fsp3) is 0.250. The van der Waals surface area contributed by atoms with Crippen molar-refractivity contribution in [2.45, 2.75) is 13.0 Å². The monoisotopic (exact) mass is 243 g/mol. The van der Waals surface area contributed by atoms with E-state index in [0.29, 0.717) is 6.07 Å². The molecule has 0 heterocycles. The second kappa shape index (κ2) is 4.42. The number of ether oxygens (including phenoxy) is 2. The maximum atomic E-state index is 11.8. The lowest BCUT2D eigenvalue weighted by Crippen LogP contribution is -2.17. The number of hydrogen-bond acceptors (Lipinski definition) is 3. The van der Waals surface area contributed by atoms with E-state index in [1.165, 1.54) is 0 Å². The van der Waals surface area contributed by atoms with E-state index in [9.17, 15) is 22.0 Å². The Morgan fingerprint density at radius 2 is 1.81 bits per heavy atom. The molecule has 2 N–H and O–H groups in total. The maximum Gasteiger partial charge on any atom is 0.573 e. The second-order valence-electron chi connectivity index (χ2n) is 2.63. The molecule has 1 aromatic rings. The van der Waals surface area contributed by atoms with Crippen LogP contribution in [0.3, 0.4) is 0 Å². The minimum atomic E-state index is -4.90. The van der Waals surface area contributed by atoms with Crippen molar-refractivity contribution in [3.05, 3.63) is 18.2 Å². The third-order valence-electron chi connectivity index (χ3n) is 1.43. The van der Waals surface area contributed by atoms with Gasteiger partial charge in [0.15, 0.2) is 5.75 Å². The molecule has 0 fully saturated rings. The van der Waals surface area contributed by atoms with E-state index in [1.54, 1.807) is 0 Å². The molecule has 8 heteroatoms. The van der Waals surface area contributed by atoms with Crippen LogP contribution in [-0.2, 0) is 0 Å². The van der Waals surface area contributed by atoms with Crippen LogP contribution in [0, 0.1) is 0 Å². The lowest BCUT2D eigenvalue weighted by atomic mass is 10.3. The zero-order valence-corrected chi connectivity index (χ0v) is 7.59. The van der Waals surface area contributed by atoms with Crippen molar-refractivity contribution in [1.29, 1.82) is 0 Å². The van der Waals surface area contributed by atoms with Gasteiger partial charge < -0.3 is 15.2 Å². The molecule has 0 bridgehead atoms. The molecule has 0 spiro atoms. The molecular weight excluding hydrogens is 237 g/mol. The number of benzene rings is 1. The van der Waals surface area contributed by atoms with Gasteiger partial charge in [-0.1, -0.05) is 0 Å². The highest BCUT2D eigenvalue weighted by Gasteiger charge is 2.31. The number of alkyl halides is 5. The molecule has 0 aliphatic carbocycles. The Kier molecular flexibility index (Phi) is 3.41. The summed E-state index contributed by atoms with van der Waals surface area (Å²) in [4.78, 5) is 0. The number of nitrogens with two attached hydrogens (primary N) is 1. The van der Waals surface area contributed by atoms with E-state index in [0.717, 1.165) is 12.1 Å². The first-order chi connectivity index (χ1) is 7.28. The average Bonchev–Trinajstić information content (AvgIpc) is 2.07. The second-order valence-corrected chi connectivity index (χ2v) is 2.63. The fourth-order valence-electron chi connectivity index (χ4n) is 0.910. The minimum absolute atomic E-state index is 0.213. The van der Waals surface area contributed by atoms with Gasteiger partial charge in [0.2, 0.25) is 0 Å². The Morgan fingerprint density at radius 1 is 1.19 bits per heavy atom. The van der Waals surface area contributed by atoms with Crippen LogP contribution in [0.25, 0.3) is 0 Å². The van der Waals surface area contributed by atoms with E-state index >= 15 is 0 Å². The number of rotatable bonds is 3. The topological polar surface area (TPSA) is 44.5 Å². The maximum absolute atomic E-state index is 11.8. The lowest BCUT2D eigenvalue weighted by Gasteiger charge is -2.12. The van der Waals surface area contributed by atoms with Crippen LogP contribution in [-0.4, -0.2) is 13.0 Å². The quantitative estimate of drug-likeness (QED) is 0.655. The number of anilines is 1. The van der Waals surface area contributed by atoms with Crippen LogP contribution in [0.5, 0.6) is 11.5 Å². The lowest BCUT2D eigenvalue weighted by molar-refractivity contribution is -0.274. The van der Waals surface area contributed by atoms with Gasteiger partial charge in [-0.25, -0.2) is 0 Å². The molecule has 0 aromatic heterocycles. The van der Waals surface area contributed by atoms with Gasteiger partial charge >= 0.3 is 13.0 Å². The molecule has 0 radical (unpaired) electrons.